The van der Waals surface area contributed by atoms with Crippen LogP contribution >= 0.6 is 35.4 Å². The molecule has 0 saturated carbocycles. The van der Waals surface area contributed by atoms with E-state index < -0.39 is 0 Å². The summed E-state index contributed by atoms with van der Waals surface area (Å²) in [6, 6.07) is 22.4. The van der Waals surface area contributed by atoms with Crippen molar-refractivity contribution in [3.63, 3.8) is 0 Å². The Morgan fingerprint density at radius 3 is 2.64 bits per heavy atom. The molecule has 0 radical (unpaired) electrons. The minimum Gasteiger partial charge on any atom is -0.497 e. The molecule has 0 bridgehead atoms. The van der Waals surface area contributed by atoms with Gasteiger partial charge in [-0.3, -0.25) is 4.98 Å². The van der Waals surface area contributed by atoms with Crippen LogP contribution in [0.4, 0.5) is 5.69 Å². The van der Waals surface area contributed by atoms with E-state index in [0.717, 1.165) is 28.5 Å². The number of benzene rings is 2. The van der Waals surface area contributed by atoms with Gasteiger partial charge in [-0.1, -0.05) is 35.3 Å². The highest BCUT2D eigenvalue weighted by Gasteiger charge is 2.42. The van der Waals surface area contributed by atoms with Crippen molar-refractivity contribution in [2.24, 2.45) is 0 Å². The third-order valence-electron chi connectivity index (χ3n) is 5.55. The fraction of sp³-hybridized carbons (Fsp3) is 0.120. The number of hydrogen-bond acceptors (Lipinski definition) is 4. The number of nitrogens with one attached hydrogen (secondary N) is 1. The molecular formula is C25H19Cl2N3O2S. The van der Waals surface area contributed by atoms with Crippen molar-refractivity contribution in [2.45, 2.75) is 12.1 Å². The van der Waals surface area contributed by atoms with Crippen LogP contribution in [-0.2, 0) is 0 Å². The monoisotopic (exact) mass is 495 g/mol. The molecule has 166 valence electrons. The summed E-state index contributed by atoms with van der Waals surface area (Å²) in [5.41, 5.74) is 2.59. The van der Waals surface area contributed by atoms with Gasteiger partial charge >= 0.3 is 0 Å². The fourth-order valence-corrected chi connectivity index (χ4v) is 4.64. The molecule has 5 nitrogen and oxygen atoms in total. The number of furan rings is 1. The first kappa shape index (κ1) is 21.8. The summed E-state index contributed by atoms with van der Waals surface area (Å²) >= 11 is 18.1. The van der Waals surface area contributed by atoms with Crippen molar-refractivity contribution in [3.05, 3.63) is 100 Å². The normalized spacial score (nSPS) is 17.8. The summed E-state index contributed by atoms with van der Waals surface area (Å²) in [5, 5.41) is 4.98. The lowest BCUT2D eigenvalue weighted by Crippen LogP contribution is -2.29. The number of methoxy groups -OCH3 is 1. The van der Waals surface area contributed by atoms with Gasteiger partial charge in [-0.15, -0.1) is 0 Å². The van der Waals surface area contributed by atoms with Gasteiger partial charge in [-0.25, -0.2) is 0 Å². The van der Waals surface area contributed by atoms with Crippen LogP contribution < -0.4 is 15.0 Å². The molecule has 0 spiro atoms. The molecule has 3 heterocycles. The molecule has 1 aliphatic rings. The van der Waals surface area contributed by atoms with Crippen molar-refractivity contribution in [2.75, 3.05) is 12.0 Å². The van der Waals surface area contributed by atoms with Gasteiger partial charge in [0.05, 0.1) is 28.9 Å². The largest absolute Gasteiger partial charge is 0.497 e. The van der Waals surface area contributed by atoms with Gasteiger partial charge in [0.25, 0.3) is 0 Å². The lowest BCUT2D eigenvalue weighted by atomic mass is 10.0. The van der Waals surface area contributed by atoms with Gasteiger partial charge in [0, 0.05) is 23.5 Å². The second-order valence-corrected chi connectivity index (χ2v) is 8.73. The van der Waals surface area contributed by atoms with Crippen LogP contribution in [0.2, 0.25) is 10.0 Å². The molecule has 1 fully saturated rings. The first-order valence-corrected chi connectivity index (χ1v) is 11.4. The standard InChI is InChI=1S/C25H19Cl2N3O2S/c1-31-17-6-4-5-16(14-17)30-24(23(29-25(30)33)20-7-2-3-12-28-20)22-11-10-21(32-22)15-8-9-18(26)19(27)13-15/h2-14,23-24H,1H3,(H,29,33). The molecule has 2 aromatic heterocycles. The van der Waals surface area contributed by atoms with E-state index in [-0.39, 0.29) is 12.1 Å². The maximum atomic E-state index is 6.35. The molecule has 2 aromatic carbocycles. The quantitative estimate of drug-likeness (QED) is 0.306. The van der Waals surface area contributed by atoms with E-state index in [0.29, 0.717) is 20.9 Å². The summed E-state index contributed by atoms with van der Waals surface area (Å²) in [6.07, 6.45) is 1.77. The number of rotatable bonds is 5. The first-order valence-electron chi connectivity index (χ1n) is 10.2. The predicted octanol–water partition coefficient (Wildman–Crippen LogP) is 6.83. The molecule has 4 aromatic rings. The number of halogens is 2. The average molecular weight is 496 g/mol. The van der Waals surface area contributed by atoms with E-state index >= 15 is 0 Å². The van der Waals surface area contributed by atoms with Crippen LogP contribution in [0.15, 0.2) is 83.4 Å². The lowest BCUT2D eigenvalue weighted by Gasteiger charge is -2.26. The molecule has 1 saturated heterocycles. The summed E-state index contributed by atoms with van der Waals surface area (Å²) in [5.74, 6) is 2.17. The number of nitrogens with zero attached hydrogens (tertiary/aromatic N) is 2. The van der Waals surface area contributed by atoms with E-state index in [9.17, 15) is 0 Å². The maximum absolute atomic E-state index is 6.35. The van der Waals surface area contributed by atoms with Crippen LogP contribution in [0.1, 0.15) is 23.5 Å². The minimum absolute atomic E-state index is 0.210. The van der Waals surface area contributed by atoms with Gasteiger partial charge in [-0.2, -0.15) is 0 Å². The Hall–Kier alpha value is -3.06. The highest BCUT2D eigenvalue weighted by molar-refractivity contribution is 7.80. The molecular weight excluding hydrogens is 477 g/mol. The zero-order valence-corrected chi connectivity index (χ0v) is 19.9. The molecule has 5 rings (SSSR count). The smallest absolute Gasteiger partial charge is 0.174 e. The number of hydrogen-bond donors (Lipinski definition) is 1. The van der Waals surface area contributed by atoms with Crippen molar-refractivity contribution in [3.8, 4) is 17.1 Å². The van der Waals surface area contributed by atoms with E-state index in [4.69, 9.17) is 44.6 Å². The summed E-state index contributed by atoms with van der Waals surface area (Å²) in [7, 11) is 1.64. The summed E-state index contributed by atoms with van der Waals surface area (Å²) < 4.78 is 11.8. The van der Waals surface area contributed by atoms with Crippen LogP contribution in [-0.4, -0.2) is 17.2 Å². The Morgan fingerprint density at radius 1 is 1.00 bits per heavy atom. The van der Waals surface area contributed by atoms with Gasteiger partial charge in [0.1, 0.15) is 23.3 Å². The molecule has 0 amide bonds. The summed E-state index contributed by atoms with van der Waals surface area (Å²) in [4.78, 5) is 6.61. The van der Waals surface area contributed by atoms with Gasteiger partial charge in [-0.05, 0) is 66.8 Å². The molecule has 0 aliphatic carbocycles. The van der Waals surface area contributed by atoms with Crippen molar-refractivity contribution < 1.29 is 9.15 Å². The van der Waals surface area contributed by atoms with Crippen LogP contribution in [0.25, 0.3) is 11.3 Å². The lowest BCUT2D eigenvalue weighted by molar-refractivity contribution is 0.414. The van der Waals surface area contributed by atoms with Gasteiger partial charge in [0.15, 0.2) is 5.11 Å². The highest BCUT2D eigenvalue weighted by Crippen LogP contribution is 2.43. The molecule has 2 atom stereocenters. The number of ether oxygens (including phenoxy) is 1. The second kappa shape index (κ2) is 9.06. The SMILES string of the molecule is COc1cccc(N2C(=S)NC(c3ccccn3)C2c2ccc(-c3ccc(Cl)c(Cl)c3)o2)c1. The number of aromatic nitrogens is 1. The Kier molecular flexibility index (Phi) is 5.98. The molecule has 2 unspecified atom stereocenters. The predicted molar refractivity (Wildman–Crippen MR) is 135 cm³/mol. The van der Waals surface area contributed by atoms with Crippen molar-refractivity contribution in [1.29, 1.82) is 0 Å². The third kappa shape index (κ3) is 4.17. The Labute approximate surface area is 206 Å². The van der Waals surface area contributed by atoms with E-state index in [1.165, 1.54) is 0 Å². The average Bonchev–Trinajstić information content (AvgIpc) is 3.46. The number of thiocarbonyl (C=S) groups is 1. The maximum Gasteiger partial charge on any atom is 0.174 e. The van der Waals surface area contributed by atoms with Gasteiger partial charge < -0.3 is 19.4 Å². The Bertz CT molecular complexity index is 1310. The topological polar surface area (TPSA) is 50.5 Å². The molecule has 33 heavy (non-hydrogen) atoms. The Balaban J connectivity index is 1.60. The fourth-order valence-electron chi connectivity index (χ4n) is 4.00. The zero-order chi connectivity index (χ0) is 22.9. The van der Waals surface area contributed by atoms with Crippen LogP contribution in [0.5, 0.6) is 5.75 Å². The zero-order valence-electron chi connectivity index (χ0n) is 17.5. The molecule has 1 N–H and O–H groups in total. The minimum atomic E-state index is -0.268. The number of anilines is 1. The highest BCUT2D eigenvalue weighted by atomic mass is 35.5. The number of pyridine rings is 1. The van der Waals surface area contributed by atoms with E-state index in [1.54, 1.807) is 25.4 Å². The molecule has 1 aliphatic heterocycles. The van der Waals surface area contributed by atoms with Crippen LogP contribution in [0.3, 0.4) is 0 Å². The Morgan fingerprint density at radius 2 is 1.88 bits per heavy atom. The van der Waals surface area contributed by atoms with E-state index in [2.05, 4.69) is 10.3 Å². The van der Waals surface area contributed by atoms with E-state index in [1.807, 2.05) is 65.6 Å². The first-order chi connectivity index (χ1) is 16.0. The van der Waals surface area contributed by atoms with Gasteiger partial charge in [0.2, 0.25) is 0 Å². The van der Waals surface area contributed by atoms with Crippen molar-refractivity contribution >= 4 is 46.2 Å². The second-order valence-electron chi connectivity index (χ2n) is 7.53. The third-order valence-corrected chi connectivity index (χ3v) is 6.61. The van der Waals surface area contributed by atoms with Crippen LogP contribution in [0, 0.1) is 0 Å². The summed E-state index contributed by atoms with van der Waals surface area (Å²) in [6.45, 7) is 0. The van der Waals surface area contributed by atoms with Crippen molar-refractivity contribution in [1.82, 2.24) is 10.3 Å². The molecule has 8 heteroatoms.